The van der Waals surface area contributed by atoms with Crippen molar-refractivity contribution in [3.63, 3.8) is 0 Å². The van der Waals surface area contributed by atoms with Gasteiger partial charge in [-0.25, -0.2) is 0 Å². The molecule has 1 saturated carbocycles. The molecule has 3 rings (SSSR count). The van der Waals surface area contributed by atoms with E-state index in [1.54, 1.807) is 6.07 Å². The van der Waals surface area contributed by atoms with Crippen molar-refractivity contribution in [3.8, 4) is 0 Å². The first-order valence-corrected chi connectivity index (χ1v) is 11.1. The van der Waals surface area contributed by atoms with Gasteiger partial charge >= 0.3 is 5.97 Å². The first-order chi connectivity index (χ1) is 13.6. The van der Waals surface area contributed by atoms with Gasteiger partial charge in [0.1, 0.15) is 0 Å². The average Bonchev–Trinajstić information content (AvgIpc) is 3.15. The molecule has 1 aromatic carbocycles. The van der Waals surface area contributed by atoms with Crippen LogP contribution in [0.4, 0.5) is 10.8 Å². The van der Waals surface area contributed by atoms with Crippen LogP contribution in [0.3, 0.4) is 0 Å². The lowest BCUT2D eigenvalue weighted by atomic mass is 9.96. The van der Waals surface area contributed by atoms with Crippen molar-refractivity contribution in [1.82, 2.24) is 10.2 Å². The Labute approximate surface area is 172 Å². The van der Waals surface area contributed by atoms with Crippen molar-refractivity contribution in [1.29, 1.82) is 0 Å². The summed E-state index contributed by atoms with van der Waals surface area (Å²) < 4.78 is 5.74. The highest BCUT2D eigenvalue weighted by molar-refractivity contribution is 8.01. The fourth-order valence-electron chi connectivity index (χ4n) is 2.96. The number of ether oxygens (including phenoxy) is 1. The van der Waals surface area contributed by atoms with E-state index in [-0.39, 0.29) is 18.3 Å². The maximum absolute atomic E-state index is 11.9. The Balaban J connectivity index is 1.36. The molecular weight excluding hydrogens is 396 g/mol. The van der Waals surface area contributed by atoms with E-state index >= 15 is 0 Å². The highest BCUT2D eigenvalue weighted by Gasteiger charge is 2.16. The van der Waals surface area contributed by atoms with Crippen LogP contribution < -0.4 is 10.6 Å². The molecule has 0 spiro atoms. The van der Waals surface area contributed by atoms with Crippen LogP contribution in [0.2, 0.25) is 0 Å². The Morgan fingerprint density at radius 2 is 2.00 bits per heavy atom. The summed E-state index contributed by atoms with van der Waals surface area (Å²) in [5.41, 5.74) is 1.66. The number of carbonyl (C=O) groups is 2. The van der Waals surface area contributed by atoms with Gasteiger partial charge in [0, 0.05) is 11.7 Å². The number of aryl methyl sites for hydroxylation is 1. The van der Waals surface area contributed by atoms with Crippen LogP contribution in [-0.4, -0.2) is 40.5 Å². The Bertz CT molecular complexity index is 806. The van der Waals surface area contributed by atoms with Crippen LogP contribution >= 0.6 is 23.1 Å². The standard InChI is InChI=1S/C19H24N4O3S2/c1-13-7-5-6-10-15(13)21-16(24)11-26-17(25)12-27-19-23-22-18(28-19)20-14-8-3-2-4-9-14/h5-7,10,14H,2-4,8-9,11-12H2,1H3,(H,20,22)(H,21,24). The second-order valence-corrected chi connectivity index (χ2v) is 8.86. The van der Waals surface area contributed by atoms with E-state index in [9.17, 15) is 9.59 Å². The molecule has 0 saturated heterocycles. The maximum atomic E-state index is 11.9. The van der Waals surface area contributed by atoms with Crippen molar-refractivity contribution >= 4 is 45.8 Å². The van der Waals surface area contributed by atoms with Gasteiger partial charge in [-0.05, 0) is 31.4 Å². The lowest BCUT2D eigenvalue weighted by molar-refractivity contribution is -0.144. The molecule has 28 heavy (non-hydrogen) atoms. The number of hydrogen-bond acceptors (Lipinski definition) is 8. The van der Waals surface area contributed by atoms with Crippen molar-refractivity contribution < 1.29 is 14.3 Å². The van der Waals surface area contributed by atoms with Gasteiger partial charge < -0.3 is 15.4 Å². The number of aromatic nitrogens is 2. The number of rotatable bonds is 8. The maximum Gasteiger partial charge on any atom is 0.316 e. The van der Waals surface area contributed by atoms with Gasteiger partial charge in [-0.2, -0.15) is 0 Å². The van der Waals surface area contributed by atoms with Crippen LogP contribution in [0, 0.1) is 6.92 Å². The highest BCUT2D eigenvalue weighted by Crippen LogP contribution is 2.28. The molecule has 0 radical (unpaired) electrons. The summed E-state index contributed by atoms with van der Waals surface area (Å²) in [5, 5.41) is 15.2. The molecule has 0 aliphatic heterocycles. The Morgan fingerprint density at radius 1 is 1.21 bits per heavy atom. The number of esters is 1. The number of nitrogens with zero attached hydrogens (tertiary/aromatic N) is 2. The molecule has 2 aromatic rings. The molecule has 0 unspecified atom stereocenters. The van der Waals surface area contributed by atoms with Gasteiger partial charge in [-0.15, -0.1) is 10.2 Å². The van der Waals surface area contributed by atoms with Crippen LogP contribution in [0.25, 0.3) is 0 Å². The van der Waals surface area contributed by atoms with Crippen molar-refractivity contribution in [2.45, 2.75) is 49.4 Å². The molecule has 1 fully saturated rings. The molecular formula is C19H24N4O3S2. The largest absolute Gasteiger partial charge is 0.455 e. The molecule has 2 N–H and O–H groups in total. The number of benzene rings is 1. The van der Waals surface area contributed by atoms with Gasteiger partial charge in [0.05, 0.1) is 5.75 Å². The van der Waals surface area contributed by atoms with E-state index in [4.69, 9.17) is 4.74 Å². The monoisotopic (exact) mass is 420 g/mol. The van der Waals surface area contributed by atoms with Gasteiger partial charge in [0.25, 0.3) is 5.91 Å². The summed E-state index contributed by atoms with van der Waals surface area (Å²) in [6, 6.07) is 7.91. The minimum absolute atomic E-state index is 0.0930. The molecule has 1 heterocycles. The van der Waals surface area contributed by atoms with Crippen LogP contribution in [-0.2, 0) is 14.3 Å². The fraction of sp³-hybridized carbons (Fsp3) is 0.474. The van der Waals surface area contributed by atoms with Gasteiger partial charge in [-0.3, -0.25) is 9.59 Å². The lowest BCUT2D eigenvalue weighted by Gasteiger charge is -2.21. The van der Waals surface area contributed by atoms with Gasteiger partial charge in [-0.1, -0.05) is 60.6 Å². The summed E-state index contributed by atoms with van der Waals surface area (Å²) in [7, 11) is 0. The predicted molar refractivity (Wildman–Crippen MR) is 112 cm³/mol. The fourth-order valence-corrected chi connectivity index (χ4v) is 4.58. The number of carbonyl (C=O) groups excluding carboxylic acids is 2. The lowest BCUT2D eigenvalue weighted by Crippen LogP contribution is -2.22. The number of nitrogens with one attached hydrogen (secondary N) is 2. The number of thioether (sulfide) groups is 1. The molecule has 1 aromatic heterocycles. The third-order valence-corrected chi connectivity index (χ3v) is 6.40. The second kappa shape index (κ2) is 10.4. The zero-order valence-corrected chi connectivity index (χ0v) is 17.4. The van der Waals surface area contributed by atoms with E-state index in [0.29, 0.717) is 16.1 Å². The van der Waals surface area contributed by atoms with E-state index in [0.717, 1.165) is 10.7 Å². The topological polar surface area (TPSA) is 93.2 Å². The third kappa shape index (κ3) is 6.49. The number of para-hydroxylation sites is 1. The Hall–Kier alpha value is -2.13. The summed E-state index contributed by atoms with van der Waals surface area (Å²) in [6.45, 7) is 1.59. The minimum Gasteiger partial charge on any atom is -0.455 e. The van der Waals surface area contributed by atoms with E-state index in [2.05, 4.69) is 20.8 Å². The Kier molecular flexibility index (Phi) is 7.67. The van der Waals surface area contributed by atoms with Crippen LogP contribution in [0.5, 0.6) is 0 Å². The first kappa shape index (κ1) is 20.6. The van der Waals surface area contributed by atoms with Crippen molar-refractivity contribution in [2.75, 3.05) is 23.0 Å². The van der Waals surface area contributed by atoms with E-state index in [1.165, 1.54) is 55.2 Å². The molecule has 9 heteroatoms. The first-order valence-electron chi connectivity index (χ1n) is 9.34. The summed E-state index contributed by atoms with van der Waals surface area (Å²) in [4.78, 5) is 23.8. The van der Waals surface area contributed by atoms with E-state index in [1.807, 2.05) is 25.1 Å². The van der Waals surface area contributed by atoms with Gasteiger partial charge in [0.15, 0.2) is 10.9 Å². The molecule has 150 valence electrons. The molecule has 1 aliphatic carbocycles. The zero-order chi connectivity index (χ0) is 19.8. The number of hydrogen-bond donors (Lipinski definition) is 2. The Morgan fingerprint density at radius 3 is 2.79 bits per heavy atom. The smallest absolute Gasteiger partial charge is 0.316 e. The summed E-state index contributed by atoms with van der Waals surface area (Å²) in [5.74, 6) is -0.722. The summed E-state index contributed by atoms with van der Waals surface area (Å²) >= 11 is 2.71. The molecule has 0 bridgehead atoms. The zero-order valence-electron chi connectivity index (χ0n) is 15.8. The van der Waals surface area contributed by atoms with Crippen molar-refractivity contribution in [2.24, 2.45) is 0 Å². The SMILES string of the molecule is Cc1ccccc1NC(=O)COC(=O)CSc1nnc(NC2CCCCC2)s1. The summed E-state index contributed by atoms with van der Waals surface area (Å²) in [6.07, 6.45) is 6.14. The second-order valence-electron chi connectivity index (χ2n) is 6.66. The van der Waals surface area contributed by atoms with Crippen molar-refractivity contribution in [3.05, 3.63) is 29.8 Å². The minimum atomic E-state index is -0.457. The molecule has 0 atom stereocenters. The molecule has 7 nitrogen and oxygen atoms in total. The molecule has 1 amide bonds. The quantitative estimate of drug-likeness (QED) is 0.495. The van der Waals surface area contributed by atoms with Crippen LogP contribution in [0.15, 0.2) is 28.6 Å². The normalized spacial score (nSPS) is 14.5. The third-order valence-electron chi connectivity index (χ3n) is 4.44. The van der Waals surface area contributed by atoms with Crippen LogP contribution in [0.1, 0.15) is 37.7 Å². The highest BCUT2D eigenvalue weighted by atomic mass is 32.2. The number of amides is 1. The van der Waals surface area contributed by atoms with Gasteiger partial charge in [0.2, 0.25) is 5.13 Å². The average molecular weight is 421 g/mol. The predicted octanol–water partition coefficient (Wildman–Crippen LogP) is 3.87. The van der Waals surface area contributed by atoms with E-state index < -0.39 is 5.97 Å². The molecule has 1 aliphatic rings. The number of anilines is 2.